The minimum Gasteiger partial charge on any atom is -0.343 e. The lowest BCUT2D eigenvalue weighted by Gasteiger charge is -2.13. The topological polar surface area (TPSA) is 77.1 Å². The molecule has 0 aliphatic heterocycles. The highest BCUT2D eigenvalue weighted by atomic mass is 16.2. The highest BCUT2D eigenvalue weighted by Gasteiger charge is 2.26. The lowest BCUT2D eigenvalue weighted by molar-refractivity contribution is 0.0952. The Kier molecular flexibility index (Phi) is 3.51. The number of carbonyl (C=O) groups excluding carboxylic acids is 1. The molecule has 0 saturated heterocycles. The van der Waals surface area contributed by atoms with E-state index in [1.54, 1.807) is 6.20 Å². The van der Waals surface area contributed by atoms with E-state index in [1.807, 2.05) is 12.1 Å². The zero-order chi connectivity index (χ0) is 15.0. The smallest absolute Gasteiger partial charge is 0.270 e. The summed E-state index contributed by atoms with van der Waals surface area (Å²) >= 11 is 0. The minimum absolute atomic E-state index is 0.111. The fourth-order valence-electron chi connectivity index (χ4n) is 2.73. The Morgan fingerprint density at radius 3 is 2.81 bits per heavy atom. The maximum Gasteiger partial charge on any atom is 0.270 e. The summed E-state index contributed by atoms with van der Waals surface area (Å²) in [5.41, 5.74) is 4.04. The van der Waals surface area contributed by atoms with Gasteiger partial charge >= 0.3 is 0 Å². The first kappa shape index (κ1) is 13.8. The van der Waals surface area contributed by atoms with Gasteiger partial charge in [0.1, 0.15) is 5.56 Å². The number of aromatic nitrogens is 1. The van der Waals surface area contributed by atoms with Crippen molar-refractivity contribution in [3.05, 3.63) is 45.7 Å². The summed E-state index contributed by atoms with van der Waals surface area (Å²) in [6.45, 7) is 2.13. The van der Waals surface area contributed by atoms with Crippen LogP contribution in [0, 0.1) is 0 Å². The Morgan fingerprint density at radius 1 is 1.43 bits per heavy atom. The average Bonchev–Trinajstić information content (AvgIpc) is 3.32. The molecule has 1 fully saturated rings. The predicted octanol–water partition coefficient (Wildman–Crippen LogP) is 1.89. The molecule has 2 aromatic rings. The highest BCUT2D eigenvalue weighted by molar-refractivity contribution is 5.97. The van der Waals surface area contributed by atoms with Crippen LogP contribution in [0.1, 0.15) is 48.1 Å². The van der Waals surface area contributed by atoms with Crippen molar-refractivity contribution in [3.63, 3.8) is 0 Å². The number of nitrogens with two attached hydrogens (primary N) is 1. The number of pyridine rings is 1. The molecule has 1 heterocycles. The Bertz CT molecular complexity index is 760. The molecular formula is C16H19N3O2. The van der Waals surface area contributed by atoms with Gasteiger partial charge in [-0.25, -0.2) is 5.84 Å². The first-order valence-corrected chi connectivity index (χ1v) is 7.34. The van der Waals surface area contributed by atoms with Crippen molar-refractivity contribution in [1.82, 2.24) is 9.99 Å². The van der Waals surface area contributed by atoms with Crippen molar-refractivity contribution in [2.45, 2.75) is 38.6 Å². The molecule has 1 aromatic heterocycles. The van der Waals surface area contributed by atoms with Gasteiger partial charge in [0.15, 0.2) is 0 Å². The summed E-state index contributed by atoms with van der Waals surface area (Å²) in [6.07, 6.45) is 5.87. The number of rotatable bonds is 4. The first-order valence-electron chi connectivity index (χ1n) is 7.34. The molecule has 0 spiro atoms. The Hall–Kier alpha value is -2.14. The van der Waals surface area contributed by atoms with E-state index in [4.69, 9.17) is 5.84 Å². The molecule has 0 unspecified atom stereocenters. The van der Waals surface area contributed by atoms with E-state index < -0.39 is 5.91 Å². The molecular weight excluding hydrogens is 266 g/mol. The number of aryl methyl sites for hydroxylation is 1. The van der Waals surface area contributed by atoms with Gasteiger partial charge in [0.05, 0.1) is 5.52 Å². The quantitative estimate of drug-likeness (QED) is 0.511. The molecule has 1 aliphatic rings. The van der Waals surface area contributed by atoms with Crippen LogP contribution in [0.15, 0.2) is 29.2 Å². The van der Waals surface area contributed by atoms with E-state index in [-0.39, 0.29) is 11.0 Å². The average molecular weight is 285 g/mol. The largest absolute Gasteiger partial charge is 0.343 e. The second-order valence-corrected chi connectivity index (χ2v) is 5.59. The third kappa shape index (κ3) is 2.45. The van der Waals surface area contributed by atoms with Crippen molar-refractivity contribution in [1.29, 1.82) is 0 Å². The zero-order valence-corrected chi connectivity index (χ0v) is 12.1. The molecule has 0 radical (unpaired) electrons. The number of fused-ring (bicyclic) bond motifs is 1. The molecule has 3 N–H and O–H groups in total. The second kappa shape index (κ2) is 5.33. The van der Waals surface area contributed by atoms with Gasteiger partial charge in [-0.15, -0.1) is 0 Å². The first-order chi connectivity index (χ1) is 10.2. The Morgan fingerprint density at radius 2 is 2.19 bits per heavy atom. The molecule has 21 heavy (non-hydrogen) atoms. The number of nitrogens with one attached hydrogen (secondary N) is 1. The zero-order valence-electron chi connectivity index (χ0n) is 12.1. The van der Waals surface area contributed by atoms with E-state index in [0.29, 0.717) is 11.4 Å². The number of benzene rings is 1. The van der Waals surface area contributed by atoms with Crippen LogP contribution < -0.4 is 16.7 Å². The summed E-state index contributed by atoms with van der Waals surface area (Å²) in [5, 5.41) is 0.586. The van der Waals surface area contributed by atoms with Crippen molar-refractivity contribution in [2.75, 3.05) is 0 Å². The van der Waals surface area contributed by atoms with Crippen LogP contribution in [0.5, 0.6) is 0 Å². The molecule has 0 bridgehead atoms. The van der Waals surface area contributed by atoms with Gasteiger partial charge < -0.3 is 4.57 Å². The number of carbonyl (C=O) groups is 1. The van der Waals surface area contributed by atoms with Gasteiger partial charge in [-0.1, -0.05) is 19.4 Å². The fourth-order valence-corrected chi connectivity index (χ4v) is 2.73. The Balaban J connectivity index is 2.26. The predicted molar refractivity (Wildman–Crippen MR) is 82.1 cm³/mol. The van der Waals surface area contributed by atoms with Gasteiger partial charge in [-0.05, 0) is 37.0 Å². The van der Waals surface area contributed by atoms with Crippen LogP contribution in [-0.2, 0) is 6.42 Å². The van der Waals surface area contributed by atoms with Crippen LogP contribution in [0.3, 0.4) is 0 Å². The summed E-state index contributed by atoms with van der Waals surface area (Å²) in [4.78, 5) is 24.3. The minimum atomic E-state index is -0.533. The van der Waals surface area contributed by atoms with E-state index >= 15 is 0 Å². The summed E-state index contributed by atoms with van der Waals surface area (Å²) in [5.74, 6) is 4.64. The number of hydrazine groups is 1. The van der Waals surface area contributed by atoms with E-state index in [9.17, 15) is 9.59 Å². The van der Waals surface area contributed by atoms with Gasteiger partial charge in [0.25, 0.3) is 5.91 Å². The van der Waals surface area contributed by atoms with E-state index in [2.05, 4.69) is 23.0 Å². The lowest BCUT2D eigenvalue weighted by Crippen LogP contribution is -2.34. The summed E-state index contributed by atoms with van der Waals surface area (Å²) in [6, 6.07) is 6.25. The standard InChI is InChI=1S/C16H19N3O2/c1-2-3-10-4-7-12-14(8-10)19(11-5-6-11)9-13(15(12)20)16(21)18-17/h4,7-9,11H,2-3,5-6,17H2,1H3,(H,18,21). The summed E-state index contributed by atoms with van der Waals surface area (Å²) in [7, 11) is 0. The van der Waals surface area contributed by atoms with Gasteiger partial charge in [0.2, 0.25) is 5.43 Å². The lowest BCUT2D eigenvalue weighted by atomic mass is 10.0. The van der Waals surface area contributed by atoms with Crippen molar-refractivity contribution in [3.8, 4) is 0 Å². The molecule has 1 saturated carbocycles. The van der Waals surface area contributed by atoms with Crippen LogP contribution >= 0.6 is 0 Å². The third-order valence-corrected chi connectivity index (χ3v) is 3.95. The fraction of sp³-hybridized carbons (Fsp3) is 0.375. The van der Waals surface area contributed by atoms with Crippen LogP contribution in [-0.4, -0.2) is 10.5 Å². The maximum atomic E-state index is 12.5. The third-order valence-electron chi connectivity index (χ3n) is 3.95. The van der Waals surface area contributed by atoms with Crippen LogP contribution in [0.4, 0.5) is 0 Å². The molecule has 1 aliphatic carbocycles. The van der Waals surface area contributed by atoms with Crippen molar-refractivity contribution in [2.24, 2.45) is 5.84 Å². The van der Waals surface area contributed by atoms with E-state index in [1.165, 1.54) is 5.56 Å². The summed E-state index contributed by atoms with van der Waals surface area (Å²) < 4.78 is 2.06. The molecule has 0 atom stereocenters. The number of amides is 1. The molecule has 1 aromatic carbocycles. The SMILES string of the molecule is CCCc1ccc2c(=O)c(C(=O)NN)cn(C3CC3)c2c1. The number of hydrogen-bond donors (Lipinski definition) is 2. The number of hydrogen-bond acceptors (Lipinski definition) is 3. The van der Waals surface area contributed by atoms with Crippen LogP contribution in [0.25, 0.3) is 10.9 Å². The van der Waals surface area contributed by atoms with Gasteiger partial charge in [-0.2, -0.15) is 0 Å². The number of nitrogens with zero attached hydrogens (tertiary/aromatic N) is 1. The molecule has 1 amide bonds. The van der Waals surface area contributed by atoms with E-state index in [0.717, 1.165) is 31.2 Å². The monoisotopic (exact) mass is 285 g/mol. The second-order valence-electron chi connectivity index (χ2n) is 5.59. The van der Waals surface area contributed by atoms with Gasteiger partial charge in [-0.3, -0.25) is 15.0 Å². The molecule has 5 nitrogen and oxygen atoms in total. The maximum absolute atomic E-state index is 12.5. The highest BCUT2D eigenvalue weighted by Crippen LogP contribution is 2.37. The van der Waals surface area contributed by atoms with Crippen LogP contribution in [0.2, 0.25) is 0 Å². The molecule has 5 heteroatoms. The normalized spacial score (nSPS) is 14.4. The number of nitrogen functional groups attached to an aromatic ring is 1. The Labute approximate surface area is 122 Å². The van der Waals surface area contributed by atoms with Crippen molar-refractivity contribution >= 4 is 16.8 Å². The van der Waals surface area contributed by atoms with Gasteiger partial charge in [0, 0.05) is 17.6 Å². The van der Waals surface area contributed by atoms with Crippen molar-refractivity contribution < 1.29 is 4.79 Å². The molecule has 110 valence electrons. The molecule has 3 rings (SSSR count).